The predicted molar refractivity (Wildman–Crippen MR) is 83.5 cm³/mol. The minimum absolute atomic E-state index is 0.360. The monoisotopic (exact) mass is 259 g/mol. The van der Waals surface area contributed by atoms with E-state index in [4.69, 9.17) is 0 Å². The van der Waals surface area contributed by atoms with Crippen LogP contribution in [0.5, 0.6) is 0 Å². The molecule has 1 nitrogen and oxygen atoms in total. The molecule has 0 aliphatic heterocycles. The summed E-state index contributed by atoms with van der Waals surface area (Å²) < 4.78 is 0. The summed E-state index contributed by atoms with van der Waals surface area (Å²) >= 11 is 0. The van der Waals surface area contributed by atoms with Gasteiger partial charge in [-0.2, -0.15) is 0 Å². The molecule has 0 bridgehead atoms. The molecule has 0 spiro atoms. The minimum Gasteiger partial charge on any atom is -0.316 e. The molecule has 2 rings (SSSR count). The van der Waals surface area contributed by atoms with Crippen molar-refractivity contribution >= 4 is 0 Å². The van der Waals surface area contributed by atoms with Gasteiger partial charge in [-0.3, -0.25) is 0 Å². The van der Waals surface area contributed by atoms with E-state index >= 15 is 0 Å². The first-order chi connectivity index (χ1) is 9.19. The third kappa shape index (κ3) is 3.20. The summed E-state index contributed by atoms with van der Waals surface area (Å²) in [6.07, 6.45) is 8.12. The number of hydrogen-bond acceptors (Lipinski definition) is 1. The molecule has 1 aliphatic rings. The lowest BCUT2D eigenvalue weighted by Crippen LogP contribution is -2.49. The summed E-state index contributed by atoms with van der Waals surface area (Å²) in [6.45, 7) is 4.68. The number of hydrogen-bond donors (Lipinski definition) is 1. The van der Waals surface area contributed by atoms with Crippen molar-refractivity contribution in [1.29, 1.82) is 0 Å². The Hall–Kier alpha value is -0.820. The Morgan fingerprint density at radius 3 is 2.21 bits per heavy atom. The highest BCUT2D eigenvalue weighted by atomic mass is 14.9. The van der Waals surface area contributed by atoms with Crippen molar-refractivity contribution in [3.05, 3.63) is 35.9 Å². The predicted octanol–water partition coefficient (Wildman–Crippen LogP) is 4.52. The second-order valence-electron chi connectivity index (χ2n) is 6.55. The molecule has 0 aromatic heterocycles. The summed E-state index contributed by atoms with van der Waals surface area (Å²) in [5.41, 5.74) is 1.91. The second kappa shape index (κ2) is 6.56. The molecular weight excluding hydrogens is 230 g/mol. The lowest BCUT2D eigenvalue weighted by molar-refractivity contribution is 0.198. The Labute approximate surface area is 118 Å². The molecule has 1 aromatic rings. The van der Waals surface area contributed by atoms with Crippen LogP contribution in [0.15, 0.2) is 30.3 Å². The van der Waals surface area contributed by atoms with Gasteiger partial charge in [0.05, 0.1) is 0 Å². The van der Waals surface area contributed by atoms with Crippen LogP contribution in [0.3, 0.4) is 0 Å². The normalized spacial score (nSPS) is 20.4. The zero-order chi connectivity index (χ0) is 13.7. The van der Waals surface area contributed by atoms with E-state index in [9.17, 15) is 0 Å². The van der Waals surface area contributed by atoms with E-state index in [2.05, 4.69) is 56.5 Å². The Morgan fingerprint density at radius 2 is 1.68 bits per heavy atom. The fourth-order valence-corrected chi connectivity index (χ4v) is 3.88. The molecule has 1 N–H and O–H groups in total. The maximum atomic E-state index is 3.64. The van der Waals surface area contributed by atoms with Crippen molar-refractivity contribution in [2.45, 2.75) is 63.8 Å². The van der Waals surface area contributed by atoms with Gasteiger partial charge in [0.2, 0.25) is 0 Å². The Bertz CT molecular complexity index is 363. The first-order valence-electron chi connectivity index (χ1n) is 7.92. The van der Waals surface area contributed by atoms with E-state index in [1.54, 1.807) is 5.56 Å². The average molecular weight is 259 g/mol. The highest BCUT2D eigenvalue weighted by Gasteiger charge is 2.40. The maximum Gasteiger partial charge on any atom is 0.0163 e. The highest BCUT2D eigenvalue weighted by Crippen LogP contribution is 2.43. The molecule has 106 valence electrons. The fraction of sp³-hybridized carbons (Fsp3) is 0.667. The van der Waals surface area contributed by atoms with E-state index in [0.717, 1.165) is 5.92 Å². The van der Waals surface area contributed by atoms with Crippen LogP contribution in [-0.4, -0.2) is 13.1 Å². The third-order valence-electron chi connectivity index (χ3n) is 4.82. The Kier molecular flexibility index (Phi) is 5.04. The standard InChI is InChI=1S/C18H29N/c1-15(2)14-17(19-3)18(12-8-5-9-13-18)16-10-6-4-7-11-16/h4,6-7,10-11,15,17,19H,5,8-9,12-14H2,1-3H3. The Morgan fingerprint density at radius 1 is 1.05 bits per heavy atom. The van der Waals surface area contributed by atoms with Crippen molar-refractivity contribution in [3.63, 3.8) is 0 Å². The summed E-state index contributed by atoms with van der Waals surface area (Å²) in [5.74, 6) is 0.750. The van der Waals surface area contributed by atoms with Crippen molar-refractivity contribution in [2.24, 2.45) is 5.92 Å². The molecule has 1 heteroatoms. The topological polar surface area (TPSA) is 12.0 Å². The molecule has 0 heterocycles. The molecule has 0 radical (unpaired) electrons. The van der Waals surface area contributed by atoms with Gasteiger partial charge in [-0.05, 0) is 37.8 Å². The van der Waals surface area contributed by atoms with Crippen LogP contribution in [0.25, 0.3) is 0 Å². The molecule has 1 aromatic carbocycles. The van der Waals surface area contributed by atoms with Crippen LogP contribution in [0, 0.1) is 5.92 Å². The van der Waals surface area contributed by atoms with Gasteiger partial charge in [-0.1, -0.05) is 63.4 Å². The lowest BCUT2D eigenvalue weighted by Gasteiger charge is -2.45. The molecule has 0 amide bonds. The van der Waals surface area contributed by atoms with Crippen LogP contribution in [0.4, 0.5) is 0 Å². The second-order valence-corrected chi connectivity index (χ2v) is 6.55. The first-order valence-corrected chi connectivity index (χ1v) is 7.92. The third-order valence-corrected chi connectivity index (χ3v) is 4.82. The zero-order valence-electron chi connectivity index (χ0n) is 12.8. The van der Waals surface area contributed by atoms with Crippen LogP contribution in [-0.2, 0) is 5.41 Å². The lowest BCUT2D eigenvalue weighted by atomic mass is 9.63. The van der Waals surface area contributed by atoms with Crippen molar-refractivity contribution in [2.75, 3.05) is 7.05 Å². The van der Waals surface area contributed by atoms with Gasteiger partial charge >= 0.3 is 0 Å². The molecule has 19 heavy (non-hydrogen) atoms. The fourth-order valence-electron chi connectivity index (χ4n) is 3.88. The van der Waals surface area contributed by atoms with Gasteiger partial charge in [-0.25, -0.2) is 0 Å². The van der Waals surface area contributed by atoms with Crippen LogP contribution in [0.1, 0.15) is 57.9 Å². The maximum absolute atomic E-state index is 3.64. The molecule has 1 unspecified atom stereocenters. The summed E-state index contributed by atoms with van der Waals surface area (Å²) in [6, 6.07) is 11.8. The van der Waals surface area contributed by atoms with Gasteiger partial charge in [-0.15, -0.1) is 0 Å². The van der Waals surface area contributed by atoms with Crippen LogP contribution < -0.4 is 5.32 Å². The molecule has 0 saturated heterocycles. The molecule has 1 atom stereocenters. The molecule has 1 aliphatic carbocycles. The quantitative estimate of drug-likeness (QED) is 0.819. The van der Waals surface area contributed by atoms with E-state index < -0.39 is 0 Å². The molecule has 1 fully saturated rings. The van der Waals surface area contributed by atoms with Gasteiger partial charge < -0.3 is 5.32 Å². The number of likely N-dealkylation sites (N-methyl/N-ethyl adjacent to an activating group) is 1. The summed E-state index contributed by atoms with van der Waals surface area (Å²) in [5, 5.41) is 3.64. The Balaban J connectivity index is 2.33. The van der Waals surface area contributed by atoms with Gasteiger partial charge in [0.15, 0.2) is 0 Å². The van der Waals surface area contributed by atoms with Gasteiger partial charge in [0, 0.05) is 11.5 Å². The van der Waals surface area contributed by atoms with E-state index in [1.165, 1.54) is 38.5 Å². The SMILES string of the molecule is CNC(CC(C)C)C1(c2ccccc2)CCCCC1. The number of rotatable bonds is 5. The van der Waals surface area contributed by atoms with Gasteiger partial charge in [0.1, 0.15) is 0 Å². The van der Waals surface area contributed by atoms with Crippen molar-refractivity contribution in [3.8, 4) is 0 Å². The smallest absolute Gasteiger partial charge is 0.0163 e. The summed E-state index contributed by atoms with van der Waals surface area (Å²) in [4.78, 5) is 0. The van der Waals surface area contributed by atoms with Crippen LogP contribution >= 0.6 is 0 Å². The van der Waals surface area contributed by atoms with E-state index in [0.29, 0.717) is 11.5 Å². The van der Waals surface area contributed by atoms with E-state index in [-0.39, 0.29) is 0 Å². The summed E-state index contributed by atoms with van der Waals surface area (Å²) in [7, 11) is 2.15. The largest absolute Gasteiger partial charge is 0.316 e. The molecule has 1 saturated carbocycles. The zero-order valence-corrected chi connectivity index (χ0v) is 12.8. The van der Waals surface area contributed by atoms with Crippen molar-refractivity contribution < 1.29 is 0 Å². The van der Waals surface area contributed by atoms with E-state index in [1.807, 2.05) is 0 Å². The van der Waals surface area contributed by atoms with Crippen LogP contribution in [0.2, 0.25) is 0 Å². The average Bonchev–Trinajstić information content (AvgIpc) is 2.46. The van der Waals surface area contributed by atoms with Gasteiger partial charge in [0.25, 0.3) is 0 Å². The number of nitrogens with one attached hydrogen (secondary N) is 1. The minimum atomic E-state index is 0.360. The molecular formula is C18H29N. The highest BCUT2D eigenvalue weighted by molar-refractivity contribution is 5.28. The number of benzene rings is 1. The first kappa shape index (κ1) is 14.6. The van der Waals surface area contributed by atoms with Crippen molar-refractivity contribution in [1.82, 2.24) is 5.32 Å².